The fourth-order valence-corrected chi connectivity index (χ4v) is 7.44. The molecule has 0 aliphatic heterocycles. The highest BCUT2D eigenvalue weighted by molar-refractivity contribution is 5.77. The third-order valence-corrected chi connectivity index (χ3v) is 8.60. The smallest absolute Gasteiger partial charge is 0.0991 e. The Morgan fingerprint density at radius 1 is 0.676 bits per heavy atom. The number of pyridine rings is 1. The molecule has 0 radical (unpaired) electrons. The first-order chi connectivity index (χ1) is 18.0. The molecular formula is C35H34N2. The molecular weight excluding hydrogens is 448 g/mol. The van der Waals surface area contributed by atoms with Gasteiger partial charge in [-0.05, 0) is 102 Å². The van der Waals surface area contributed by atoms with Gasteiger partial charge in [-0.3, -0.25) is 0 Å². The molecule has 1 heterocycles. The van der Waals surface area contributed by atoms with E-state index in [1.165, 1.54) is 43.2 Å². The van der Waals surface area contributed by atoms with E-state index >= 15 is 0 Å². The van der Waals surface area contributed by atoms with Gasteiger partial charge in [-0.15, -0.1) is 0 Å². The normalized spacial score (nSPS) is 24.8. The minimum absolute atomic E-state index is 0.168. The number of rotatable bonds is 4. The Balaban J connectivity index is 1.52. The Hall–Kier alpha value is -3.70. The van der Waals surface area contributed by atoms with E-state index in [2.05, 4.69) is 98.8 Å². The van der Waals surface area contributed by atoms with Gasteiger partial charge in [0.25, 0.3) is 0 Å². The van der Waals surface area contributed by atoms with Crippen molar-refractivity contribution in [2.75, 3.05) is 0 Å². The molecule has 4 atom stereocenters. The minimum atomic E-state index is 0.168. The van der Waals surface area contributed by atoms with Crippen LogP contribution in [-0.4, -0.2) is 4.98 Å². The first kappa shape index (κ1) is 23.7. The average Bonchev–Trinajstić information content (AvgIpc) is 2.92. The van der Waals surface area contributed by atoms with Gasteiger partial charge < -0.3 is 0 Å². The summed E-state index contributed by atoms with van der Waals surface area (Å²) in [6, 6.07) is 34.3. The summed E-state index contributed by atoms with van der Waals surface area (Å²) in [5.74, 6) is 2.25. The van der Waals surface area contributed by atoms with Crippen LogP contribution in [0.1, 0.15) is 57.1 Å². The van der Waals surface area contributed by atoms with Crippen LogP contribution < -0.4 is 0 Å². The van der Waals surface area contributed by atoms with Crippen molar-refractivity contribution in [2.24, 2.45) is 17.8 Å². The topological polar surface area (TPSA) is 36.7 Å². The molecule has 2 bridgehead atoms. The van der Waals surface area contributed by atoms with Gasteiger partial charge in [-0.25, -0.2) is 4.98 Å². The van der Waals surface area contributed by atoms with Gasteiger partial charge >= 0.3 is 0 Å². The summed E-state index contributed by atoms with van der Waals surface area (Å²) in [5, 5.41) is 10.1. The van der Waals surface area contributed by atoms with Crippen LogP contribution in [0.25, 0.3) is 33.6 Å². The van der Waals surface area contributed by atoms with Crippen LogP contribution in [0.4, 0.5) is 0 Å². The number of fused-ring (bicyclic) bond motifs is 2. The lowest BCUT2D eigenvalue weighted by atomic mass is 9.54. The predicted molar refractivity (Wildman–Crippen MR) is 152 cm³/mol. The molecule has 4 aromatic rings. The number of hydrogen-bond acceptors (Lipinski definition) is 2. The standard InChI is InChI=1S/C35H34N2/c1-24-13-26-14-25(2)21-35(20-24,22-26)32-16-27(23-36)15-31(17-32)34-19-30(28-9-5-3-6-10-28)18-33(37-34)29-11-7-4-8-12-29/h3-12,15-19,24-26H,13-14,20-22H2,1-2H3/t24-,25+,26?,35?. The monoisotopic (exact) mass is 482 g/mol. The highest BCUT2D eigenvalue weighted by atomic mass is 14.7. The molecule has 2 fully saturated rings. The van der Waals surface area contributed by atoms with Crippen molar-refractivity contribution in [1.82, 2.24) is 4.98 Å². The molecule has 2 unspecified atom stereocenters. The summed E-state index contributed by atoms with van der Waals surface area (Å²) in [6.07, 6.45) is 6.38. The van der Waals surface area contributed by atoms with Gasteiger partial charge in [-0.1, -0.05) is 74.5 Å². The molecule has 184 valence electrons. The Kier molecular flexibility index (Phi) is 6.17. The Bertz CT molecular complexity index is 1370. The second-order valence-electron chi connectivity index (χ2n) is 11.7. The minimum Gasteiger partial charge on any atom is -0.248 e. The molecule has 2 heteroatoms. The molecule has 0 N–H and O–H groups in total. The molecule has 2 saturated carbocycles. The molecule has 2 aliphatic rings. The SMILES string of the molecule is C[C@@H]1CC2C[C@H](C)CC(c3cc(C#N)cc(-c4cc(-c5ccccc5)cc(-c5ccccc5)n4)c3)(C2)C1. The van der Waals surface area contributed by atoms with E-state index in [4.69, 9.17) is 4.98 Å². The van der Waals surface area contributed by atoms with E-state index in [0.29, 0.717) is 0 Å². The van der Waals surface area contributed by atoms with Crippen molar-refractivity contribution >= 4 is 0 Å². The third kappa shape index (κ3) is 4.72. The molecule has 2 nitrogen and oxygen atoms in total. The van der Waals surface area contributed by atoms with Crippen molar-refractivity contribution in [2.45, 2.75) is 51.4 Å². The molecule has 37 heavy (non-hydrogen) atoms. The summed E-state index contributed by atoms with van der Waals surface area (Å²) < 4.78 is 0. The molecule has 0 saturated heterocycles. The van der Waals surface area contributed by atoms with Gasteiger partial charge in [-0.2, -0.15) is 5.26 Å². The molecule has 6 rings (SSSR count). The number of nitrogens with zero attached hydrogens (tertiary/aromatic N) is 2. The number of hydrogen-bond donors (Lipinski definition) is 0. The average molecular weight is 483 g/mol. The van der Waals surface area contributed by atoms with Gasteiger partial charge in [0, 0.05) is 11.1 Å². The van der Waals surface area contributed by atoms with Crippen LogP contribution >= 0.6 is 0 Å². The lowest BCUT2D eigenvalue weighted by molar-refractivity contribution is 0.0780. The lowest BCUT2D eigenvalue weighted by Gasteiger charge is -2.50. The maximum absolute atomic E-state index is 10.1. The van der Waals surface area contributed by atoms with Crippen molar-refractivity contribution in [3.05, 3.63) is 102 Å². The fraction of sp³-hybridized carbons (Fsp3) is 0.314. The van der Waals surface area contributed by atoms with Crippen LogP contribution in [0.3, 0.4) is 0 Å². The summed E-state index contributed by atoms with van der Waals surface area (Å²) in [5.41, 5.74) is 8.60. The van der Waals surface area contributed by atoms with Crippen molar-refractivity contribution < 1.29 is 0 Å². The van der Waals surface area contributed by atoms with Crippen molar-refractivity contribution in [1.29, 1.82) is 5.26 Å². The number of nitriles is 1. The second-order valence-corrected chi connectivity index (χ2v) is 11.7. The Morgan fingerprint density at radius 2 is 1.27 bits per heavy atom. The third-order valence-electron chi connectivity index (χ3n) is 8.60. The number of benzene rings is 3. The maximum Gasteiger partial charge on any atom is 0.0991 e. The summed E-state index contributed by atoms with van der Waals surface area (Å²) in [7, 11) is 0. The molecule has 0 amide bonds. The van der Waals surface area contributed by atoms with Crippen LogP contribution in [0.5, 0.6) is 0 Å². The first-order valence-electron chi connectivity index (χ1n) is 13.7. The van der Waals surface area contributed by atoms with Crippen LogP contribution in [-0.2, 0) is 5.41 Å². The van der Waals surface area contributed by atoms with E-state index in [0.717, 1.165) is 51.4 Å². The zero-order valence-electron chi connectivity index (χ0n) is 21.8. The van der Waals surface area contributed by atoms with Crippen molar-refractivity contribution in [3.63, 3.8) is 0 Å². The van der Waals surface area contributed by atoms with Gasteiger partial charge in [0.15, 0.2) is 0 Å². The fourth-order valence-electron chi connectivity index (χ4n) is 7.44. The van der Waals surface area contributed by atoms with Crippen LogP contribution in [0.2, 0.25) is 0 Å². The van der Waals surface area contributed by atoms with Crippen LogP contribution in [0, 0.1) is 29.1 Å². The van der Waals surface area contributed by atoms with Gasteiger partial charge in [0.05, 0.1) is 23.0 Å². The first-order valence-corrected chi connectivity index (χ1v) is 13.7. The quantitative estimate of drug-likeness (QED) is 0.291. The zero-order valence-corrected chi connectivity index (χ0v) is 21.8. The highest BCUT2D eigenvalue weighted by Gasteiger charge is 2.45. The van der Waals surface area contributed by atoms with E-state index in [1.807, 2.05) is 12.1 Å². The molecule has 0 spiro atoms. The van der Waals surface area contributed by atoms with E-state index in [-0.39, 0.29) is 5.41 Å². The van der Waals surface area contributed by atoms with Gasteiger partial charge in [0.2, 0.25) is 0 Å². The van der Waals surface area contributed by atoms with Crippen LogP contribution in [0.15, 0.2) is 91.0 Å². The summed E-state index contributed by atoms with van der Waals surface area (Å²) in [4.78, 5) is 5.16. The molecule has 2 aliphatic carbocycles. The highest BCUT2D eigenvalue weighted by Crippen LogP contribution is 2.54. The predicted octanol–water partition coefficient (Wildman–Crippen LogP) is 9.06. The van der Waals surface area contributed by atoms with Gasteiger partial charge in [0.1, 0.15) is 0 Å². The second kappa shape index (κ2) is 9.64. The molecule has 3 aromatic carbocycles. The summed E-state index contributed by atoms with van der Waals surface area (Å²) >= 11 is 0. The van der Waals surface area contributed by atoms with Crippen molar-refractivity contribution in [3.8, 4) is 39.7 Å². The largest absolute Gasteiger partial charge is 0.248 e. The van der Waals surface area contributed by atoms with E-state index in [9.17, 15) is 5.26 Å². The maximum atomic E-state index is 10.1. The Morgan fingerprint density at radius 3 is 1.89 bits per heavy atom. The lowest BCUT2D eigenvalue weighted by Crippen LogP contribution is -2.42. The number of aromatic nitrogens is 1. The van der Waals surface area contributed by atoms with E-state index < -0.39 is 0 Å². The zero-order chi connectivity index (χ0) is 25.4. The summed E-state index contributed by atoms with van der Waals surface area (Å²) in [6.45, 7) is 4.84. The Labute approximate surface area is 221 Å². The van der Waals surface area contributed by atoms with E-state index in [1.54, 1.807) is 0 Å². The molecule has 1 aromatic heterocycles.